The molecular weight excluding hydrogens is 198 g/mol. The van der Waals surface area contributed by atoms with Gasteiger partial charge in [-0.2, -0.15) is 0 Å². The third kappa shape index (κ3) is 1.47. The maximum atomic E-state index is 11.0. The summed E-state index contributed by atoms with van der Waals surface area (Å²) in [6, 6.07) is 0. The summed E-state index contributed by atoms with van der Waals surface area (Å²) >= 11 is 0. The molecule has 1 aliphatic heterocycles. The van der Waals surface area contributed by atoms with E-state index in [2.05, 4.69) is 5.32 Å². The minimum Gasteiger partial charge on any atom is -0.316 e. The Morgan fingerprint density at radius 1 is 1.33 bits per heavy atom. The predicted octanol–water partition coefficient (Wildman–Crippen LogP) is 0.205. The van der Waals surface area contributed by atoms with Crippen LogP contribution in [0.25, 0.3) is 0 Å². The van der Waals surface area contributed by atoms with E-state index in [9.17, 15) is 8.42 Å². The minimum atomic E-state index is -2.74. The highest BCUT2D eigenvalue weighted by molar-refractivity contribution is 7.91. The summed E-state index contributed by atoms with van der Waals surface area (Å²) in [7, 11) is -2.74. The van der Waals surface area contributed by atoms with Crippen molar-refractivity contribution < 1.29 is 8.42 Å². The second-order valence-corrected chi connectivity index (χ2v) is 6.29. The number of rotatable bonds is 1. The van der Waals surface area contributed by atoms with Crippen LogP contribution >= 0.6 is 12.4 Å². The third-order valence-electron chi connectivity index (χ3n) is 2.93. The van der Waals surface area contributed by atoms with Crippen molar-refractivity contribution in [2.75, 3.05) is 19.3 Å². The fourth-order valence-electron chi connectivity index (χ4n) is 1.98. The Morgan fingerprint density at radius 3 is 2.08 bits per heavy atom. The van der Waals surface area contributed by atoms with Crippen LogP contribution in [0.4, 0.5) is 0 Å². The molecule has 72 valence electrons. The minimum absolute atomic E-state index is 0. The molecule has 1 saturated heterocycles. The molecule has 12 heavy (non-hydrogen) atoms. The van der Waals surface area contributed by atoms with Gasteiger partial charge in [0.1, 0.15) is 9.84 Å². The first-order chi connectivity index (χ1) is 5.02. The van der Waals surface area contributed by atoms with Gasteiger partial charge in [-0.25, -0.2) is 8.42 Å². The van der Waals surface area contributed by atoms with Crippen molar-refractivity contribution in [3.8, 4) is 0 Å². The van der Waals surface area contributed by atoms with Crippen LogP contribution in [-0.4, -0.2) is 33.0 Å². The molecule has 0 radical (unpaired) electrons. The second-order valence-electron chi connectivity index (χ2n) is 3.96. The van der Waals surface area contributed by atoms with E-state index in [1.54, 1.807) is 0 Å². The Kier molecular flexibility index (Phi) is 2.45. The van der Waals surface area contributed by atoms with E-state index in [-0.39, 0.29) is 17.7 Å². The lowest BCUT2D eigenvalue weighted by molar-refractivity contribution is 0.0643. The van der Waals surface area contributed by atoms with Gasteiger partial charge in [0.05, 0.1) is 5.25 Å². The average molecular weight is 212 g/mol. The van der Waals surface area contributed by atoms with Crippen LogP contribution in [-0.2, 0) is 9.84 Å². The molecule has 1 spiro atoms. The van der Waals surface area contributed by atoms with Gasteiger partial charge in [-0.05, 0) is 18.3 Å². The van der Waals surface area contributed by atoms with Crippen LogP contribution in [0.5, 0.6) is 0 Å². The molecule has 3 nitrogen and oxygen atoms in total. The van der Waals surface area contributed by atoms with Crippen molar-refractivity contribution in [1.29, 1.82) is 0 Å². The molecule has 0 atom stereocenters. The van der Waals surface area contributed by atoms with Crippen LogP contribution < -0.4 is 5.32 Å². The molecule has 2 aliphatic rings. The average Bonchev–Trinajstić information content (AvgIpc) is 1.49. The molecule has 1 saturated carbocycles. The number of hydrogen-bond donors (Lipinski definition) is 1. The Hall–Kier alpha value is 0.200. The number of halogens is 1. The van der Waals surface area contributed by atoms with Gasteiger partial charge in [0.2, 0.25) is 0 Å². The zero-order valence-corrected chi connectivity index (χ0v) is 8.67. The lowest BCUT2D eigenvalue weighted by Gasteiger charge is -2.53. The molecule has 0 aromatic heterocycles. The first kappa shape index (κ1) is 10.3. The summed E-state index contributed by atoms with van der Waals surface area (Å²) in [5.74, 6) is 0. The summed E-state index contributed by atoms with van der Waals surface area (Å²) in [6.45, 7) is 2.05. The van der Waals surface area contributed by atoms with Gasteiger partial charge in [0.25, 0.3) is 0 Å². The zero-order valence-electron chi connectivity index (χ0n) is 7.04. The van der Waals surface area contributed by atoms with E-state index in [1.165, 1.54) is 6.26 Å². The second kappa shape index (κ2) is 2.86. The Labute approximate surface area is 79.2 Å². The highest BCUT2D eigenvalue weighted by Crippen LogP contribution is 2.46. The number of sulfone groups is 1. The molecule has 1 aliphatic carbocycles. The van der Waals surface area contributed by atoms with Gasteiger partial charge < -0.3 is 5.32 Å². The standard InChI is InChI=1S/C7H13NO2S.ClH/c1-11(9,10)6-2-7(3-6)4-8-5-7;/h6,8H,2-5H2,1H3;1H. The van der Waals surface area contributed by atoms with E-state index >= 15 is 0 Å². The molecule has 2 fully saturated rings. The molecule has 0 aromatic rings. The van der Waals surface area contributed by atoms with E-state index in [1.807, 2.05) is 0 Å². The summed E-state index contributed by atoms with van der Waals surface area (Å²) in [5.41, 5.74) is 0.383. The van der Waals surface area contributed by atoms with Crippen LogP contribution in [0.1, 0.15) is 12.8 Å². The molecule has 1 N–H and O–H groups in total. The predicted molar refractivity (Wildman–Crippen MR) is 50.4 cm³/mol. The van der Waals surface area contributed by atoms with Crippen molar-refractivity contribution in [2.24, 2.45) is 5.41 Å². The van der Waals surface area contributed by atoms with Gasteiger partial charge >= 0.3 is 0 Å². The smallest absolute Gasteiger partial charge is 0.150 e. The molecule has 0 amide bonds. The summed E-state index contributed by atoms with van der Waals surface area (Å²) in [4.78, 5) is 0. The maximum absolute atomic E-state index is 11.0. The van der Waals surface area contributed by atoms with Crippen LogP contribution in [0, 0.1) is 5.41 Å². The van der Waals surface area contributed by atoms with E-state index < -0.39 is 9.84 Å². The quantitative estimate of drug-likeness (QED) is 0.675. The van der Waals surface area contributed by atoms with Crippen molar-refractivity contribution >= 4 is 22.2 Å². The molecule has 2 rings (SSSR count). The van der Waals surface area contributed by atoms with E-state index in [0.717, 1.165) is 25.9 Å². The fraction of sp³-hybridized carbons (Fsp3) is 1.00. The highest BCUT2D eigenvalue weighted by atomic mass is 35.5. The topological polar surface area (TPSA) is 46.2 Å². The summed E-state index contributed by atoms with van der Waals surface area (Å²) in [6.07, 6.45) is 3.12. The maximum Gasteiger partial charge on any atom is 0.150 e. The summed E-state index contributed by atoms with van der Waals surface area (Å²) < 4.78 is 22.0. The van der Waals surface area contributed by atoms with Crippen LogP contribution in [0.15, 0.2) is 0 Å². The van der Waals surface area contributed by atoms with E-state index in [4.69, 9.17) is 0 Å². The number of hydrogen-bond acceptors (Lipinski definition) is 3. The molecule has 0 bridgehead atoms. The largest absolute Gasteiger partial charge is 0.316 e. The van der Waals surface area contributed by atoms with Crippen LogP contribution in [0.3, 0.4) is 0 Å². The first-order valence-electron chi connectivity index (χ1n) is 3.92. The van der Waals surface area contributed by atoms with Gasteiger partial charge in [-0.1, -0.05) is 0 Å². The number of nitrogens with one attached hydrogen (secondary N) is 1. The fourth-order valence-corrected chi connectivity index (χ4v) is 3.29. The lowest BCUT2D eigenvalue weighted by atomic mass is 9.64. The van der Waals surface area contributed by atoms with Gasteiger partial charge in [0.15, 0.2) is 0 Å². The molecule has 0 aromatic carbocycles. The van der Waals surface area contributed by atoms with Gasteiger partial charge in [-0.3, -0.25) is 0 Å². The van der Waals surface area contributed by atoms with Crippen molar-refractivity contribution in [1.82, 2.24) is 5.32 Å². The van der Waals surface area contributed by atoms with Crippen molar-refractivity contribution in [2.45, 2.75) is 18.1 Å². The first-order valence-corrected chi connectivity index (χ1v) is 5.87. The monoisotopic (exact) mass is 211 g/mol. The van der Waals surface area contributed by atoms with E-state index in [0.29, 0.717) is 5.41 Å². The molecular formula is C7H14ClNO2S. The van der Waals surface area contributed by atoms with Crippen LogP contribution in [0.2, 0.25) is 0 Å². The lowest BCUT2D eigenvalue weighted by Crippen LogP contribution is -2.63. The molecule has 5 heteroatoms. The Morgan fingerprint density at radius 2 is 1.83 bits per heavy atom. The zero-order chi connectivity index (χ0) is 8.11. The van der Waals surface area contributed by atoms with Crippen molar-refractivity contribution in [3.05, 3.63) is 0 Å². The Bertz CT molecular complexity index is 263. The van der Waals surface area contributed by atoms with Crippen molar-refractivity contribution in [3.63, 3.8) is 0 Å². The van der Waals surface area contributed by atoms with Gasteiger partial charge in [-0.15, -0.1) is 12.4 Å². The normalized spacial score (nSPS) is 27.1. The summed E-state index contributed by atoms with van der Waals surface area (Å²) in [5, 5.41) is 3.14. The highest BCUT2D eigenvalue weighted by Gasteiger charge is 2.51. The third-order valence-corrected chi connectivity index (χ3v) is 4.47. The molecule has 1 heterocycles. The SMILES string of the molecule is CS(=O)(=O)C1CC2(CNC2)C1.Cl. The van der Waals surface area contributed by atoms with Gasteiger partial charge in [0, 0.05) is 19.3 Å². The molecule has 0 unspecified atom stereocenters. The Balaban J connectivity index is 0.000000720.